The van der Waals surface area contributed by atoms with Crippen LogP contribution in [0.5, 0.6) is 5.75 Å². The first-order valence-corrected chi connectivity index (χ1v) is 7.87. The molecule has 1 saturated heterocycles. The van der Waals surface area contributed by atoms with Crippen molar-refractivity contribution in [3.63, 3.8) is 0 Å². The molecule has 0 radical (unpaired) electrons. The highest BCUT2D eigenvalue weighted by Gasteiger charge is 2.27. The Balaban J connectivity index is 2.15. The molecule has 3 atom stereocenters. The Hall–Kier alpha value is -1.10. The zero-order chi connectivity index (χ0) is 15.2. The maximum absolute atomic E-state index is 6.39. The van der Waals surface area contributed by atoms with Gasteiger partial charge >= 0.3 is 0 Å². The van der Waals surface area contributed by atoms with Crippen molar-refractivity contribution in [2.75, 3.05) is 27.3 Å². The summed E-state index contributed by atoms with van der Waals surface area (Å²) in [6.45, 7) is 3.95. The average molecular weight is 292 g/mol. The first-order valence-electron chi connectivity index (χ1n) is 7.87. The Morgan fingerprint density at radius 3 is 2.90 bits per heavy atom. The molecule has 118 valence electrons. The van der Waals surface area contributed by atoms with Gasteiger partial charge in [-0.3, -0.25) is 4.90 Å². The zero-order valence-electron chi connectivity index (χ0n) is 13.4. The Kier molecular flexibility index (Phi) is 6.03. The van der Waals surface area contributed by atoms with Gasteiger partial charge in [0.25, 0.3) is 0 Å². The molecule has 0 aromatic heterocycles. The molecular weight excluding hydrogens is 264 g/mol. The van der Waals surface area contributed by atoms with Crippen LogP contribution in [0.4, 0.5) is 0 Å². The van der Waals surface area contributed by atoms with E-state index in [2.05, 4.69) is 31.0 Å². The van der Waals surface area contributed by atoms with E-state index in [9.17, 15) is 0 Å². The van der Waals surface area contributed by atoms with Crippen LogP contribution >= 0.6 is 0 Å². The largest absolute Gasteiger partial charge is 0.497 e. The standard InChI is InChI=1S/C17H28N2O2/c1-4-16(18)17(13-7-5-8-14(11-13)20-3)19(2)12-15-9-6-10-21-15/h5,7-8,11,15-17H,4,6,9-10,12,18H2,1-3H3. The van der Waals surface area contributed by atoms with Crippen LogP contribution in [0.1, 0.15) is 37.8 Å². The second-order valence-electron chi connectivity index (χ2n) is 5.87. The number of hydrogen-bond acceptors (Lipinski definition) is 4. The third kappa shape index (κ3) is 4.19. The molecule has 1 aliphatic rings. The number of nitrogens with two attached hydrogens (primary N) is 1. The SMILES string of the molecule is CCC(N)C(c1cccc(OC)c1)N(C)CC1CCCO1. The number of hydrogen-bond donors (Lipinski definition) is 1. The number of nitrogens with zero attached hydrogens (tertiary/aromatic N) is 1. The van der Waals surface area contributed by atoms with Gasteiger partial charge in [0, 0.05) is 25.2 Å². The van der Waals surface area contributed by atoms with E-state index in [1.165, 1.54) is 12.0 Å². The van der Waals surface area contributed by atoms with Gasteiger partial charge in [-0.1, -0.05) is 19.1 Å². The van der Waals surface area contributed by atoms with Crippen molar-refractivity contribution in [2.45, 2.75) is 44.4 Å². The van der Waals surface area contributed by atoms with Crippen LogP contribution in [-0.4, -0.2) is 44.4 Å². The lowest BCUT2D eigenvalue weighted by Gasteiger charge is -2.34. The van der Waals surface area contributed by atoms with Crippen LogP contribution in [-0.2, 0) is 4.74 Å². The zero-order valence-corrected chi connectivity index (χ0v) is 13.4. The summed E-state index contributed by atoms with van der Waals surface area (Å²) >= 11 is 0. The van der Waals surface area contributed by atoms with Crippen molar-refractivity contribution < 1.29 is 9.47 Å². The third-order valence-corrected chi connectivity index (χ3v) is 4.30. The van der Waals surface area contributed by atoms with E-state index in [0.29, 0.717) is 6.10 Å². The van der Waals surface area contributed by atoms with E-state index in [4.69, 9.17) is 15.2 Å². The van der Waals surface area contributed by atoms with Crippen LogP contribution in [0.3, 0.4) is 0 Å². The minimum absolute atomic E-state index is 0.100. The van der Waals surface area contributed by atoms with Crippen LogP contribution in [0.25, 0.3) is 0 Å². The van der Waals surface area contributed by atoms with Gasteiger partial charge in [0.1, 0.15) is 5.75 Å². The van der Waals surface area contributed by atoms with E-state index in [1.54, 1.807) is 7.11 Å². The molecule has 21 heavy (non-hydrogen) atoms. The average Bonchev–Trinajstić information content (AvgIpc) is 3.00. The predicted molar refractivity (Wildman–Crippen MR) is 85.6 cm³/mol. The van der Waals surface area contributed by atoms with Gasteiger partial charge in [0.05, 0.1) is 13.2 Å². The van der Waals surface area contributed by atoms with Gasteiger partial charge in [-0.15, -0.1) is 0 Å². The summed E-state index contributed by atoms with van der Waals surface area (Å²) in [4.78, 5) is 2.33. The van der Waals surface area contributed by atoms with Crippen LogP contribution in [0.2, 0.25) is 0 Å². The van der Waals surface area contributed by atoms with Crippen LogP contribution in [0, 0.1) is 0 Å². The highest BCUT2D eigenvalue weighted by Crippen LogP contribution is 2.28. The van der Waals surface area contributed by atoms with Crippen molar-refractivity contribution in [1.29, 1.82) is 0 Å². The Bertz CT molecular complexity index is 433. The molecule has 4 nitrogen and oxygen atoms in total. The Morgan fingerprint density at radius 1 is 1.48 bits per heavy atom. The normalized spacial score (nSPS) is 21.5. The van der Waals surface area contributed by atoms with Crippen LogP contribution < -0.4 is 10.5 Å². The van der Waals surface area contributed by atoms with Gasteiger partial charge in [0.15, 0.2) is 0 Å². The van der Waals surface area contributed by atoms with Crippen molar-refractivity contribution in [3.05, 3.63) is 29.8 Å². The summed E-state index contributed by atoms with van der Waals surface area (Å²) in [5.41, 5.74) is 7.60. The number of ether oxygens (including phenoxy) is 2. The van der Waals surface area contributed by atoms with Gasteiger partial charge < -0.3 is 15.2 Å². The van der Waals surface area contributed by atoms with E-state index in [-0.39, 0.29) is 12.1 Å². The minimum Gasteiger partial charge on any atom is -0.497 e. The molecule has 0 amide bonds. The Morgan fingerprint density at radius 2 is 2.29 bits per heavy atom. The molecule has 2 rings (SSSR count). The summed E-state index contributed by atoms with van der Waals surface area (Å²) in [6, 6.07) is 8.51. The molecule has 4 heteroatoms. The lowest BCUT2D eigenvalue weighted by atomic mass is 9.96. The van der Waals surface area contributed by atoms with Gasteiger partial charge in [-0.25, -0.2) is 0 Å². The summed E-state index contributed by atoms with van der Waals surface area (Å²) in [6.07, 6.45) is 3.60. The molecule has 2 N–H and O–H groups in total. The van der Waals surface area contributed by atoms with E-state index in [0.717, 1.165) is 31.7 Å². The summed E-state index contributed by atoms with van der Waals surface area (Å²) in [5.74, 6) is 0.881. The van der Waals surface area contributed by atoms with E-state index in [1.807, 2.05) is 12.1 Å². The molecule has 0 saturated carbocycles. The predicted octanol–water partition coefficient (Wildman–Crippen LogP) is 2.58. The topological polar surface area (TPSA) is 47.7 Å². The molecular formula is C17H28N2O2. The molecule has 0 aliphatic carbocycles. The van der Waals surface area contributed by atoms with E-state index >= 15 is 0 Å². The highest BCUT2D eigenvalue weighted by atomic mass is 16.5. The second kappa shape index (κ2) is 7.78. The van der Waals surface area contributed by atoms with Crippen molar-refractivity contribution in [3.8, 4) is 5.75 Å². The summed E-state index contributed by atoms with van der Waals surface area (Å²) in [5, 5.41) is 0. The molecule has 1 heterocycles. The smallest absolute Gasteiger partial charge is 0.119 e. The number of benzene rings is 1. The molecule has 1 aliphatic heterocycles. The van der Waals surface area contributed by atoms with Gasteiger partial charge in [0.2, 0.25) is 0 Å². The van der Waals surface area contributed by atoms with Crippen molar-refractivity contribution in [1.82, 2.24) is 4.90 Å². The molecule has 0 spiro atoms. The monoisotopic (exact) mass is 292 g/mol. The maximum Gasteiger partial charge on any atom is 0.119 e. The fourth-order valence-corrected chi connectivity index (χ4v) is 3.10. The third-order valence-electron chi connectivity index (χ3n) is 4.30. The molecule has 1 aromatic carbocycles. The lowest BCUT2D eigenvalue weighted by molar-refractivity contribution is 0.0628. The second-order valence-corrected chi connectivity index (χ2v) is 5.87. The fourth-order valence-electron chi connectivity index (χ4n) is 3.10. The summed E-state index contributed by atoms with van der Waals surface area (Å²) < 4.78 is 11.1. The number of methoxy groups -OCH3 is 1. The maximum atomic E-state index is 6.39. The molecule has 1 fully saturated rings. The molecule has 0 bridgehead atoms. The highest BCUT2D eigenvalue weighted by molar-refractivity contribution is 5.31. The van der Waals surface area contributed by atoms with Gasteiger partial charge in [-0.05, 0) is 44.0 Å². The quantitative estimate of drug-likeness (QED) is 0.839. The van der Waals surface area contributed by atoms with Crippen molar-refractivity contribution in [2.24, 2.45) is 5.73 Å². The van der Waals surface area contributed by atoms with Crippen molar-refractivity contribution >= 4 is 0 Å². The fraction of sp³-hybridized carbons (Fsp3) is 0.647. The molecule has 3 unspecified atom stereocenters. The number of likely N-dealkylation sites (N-methyl/N-ethyl adjacent to an activating group) is 1. The summed E-state index contributed by atoms with van der Waals surface area (Å²) in [7, 11) is 3.84. The first kappa shape index (κ1) is 16.3. The Labute approximate surface area is 128 Å². The van der Waals surface area contributed by atoms with Crippen LogP contribution in [0.15, 0.2) is 24.3 Å². The number of rotatable bonds is 7. The molecule has 1 aromatic rings. The first-order chi connectivity index (χ1) is 10.2. The van der Waals surface area contributed by atoms with E-state index < -0.39 is 0 Å². The minimum atomic E-state index is 0.100. The lowest BCUT2D eigenvalue weighted by Crippen LogP contribution is -2.41. The van der Waals surface area contributed by atoms with Gasteiger partial charge in [-0.2, -0.15) is 0 Å².